The summed E-state index contributed by atoms with van der Waals surface area (Å²) in [6, 6.07) is -1.18. The lowest BCUT2D eigenvalue weighted by atomic mass is 10.1. The van der Waals surface area contributed by atoms with Crippen molar-refractivity contribution in [2.24, 2.45) is 0 Å². The largest absolute Gasteiger partial charge is 0.299 e. The quantitative estimate of drug-likeness (QED) is 0.467. The molecule has 7 heteroatoms. The van der Waals surface area contributed by atoms with Gasteiger partial charge >= 0.3 is 0 Å². The highest BCUT2D eigenvalue weighted by Gasteiger charge is 2.31. The maximum atomic E-state index is 10.4. The molecule has 1 aliphatic rings. The first-order valence-corrected chi connectivity index (χ1v) is 3.41. The Balaban J connectivity index is 2.70. The summed E-state index contributed by atoms with van der Waals surface area (Å²) in [5.41, 5.74) is 0. The van der Waals surface area contributed by atoms with E-state index < -0.39 is 22.2 Å². The Morgan fingerprint density at radius 3 is 2.31 bits per heavy atom. The summed E-state index contributed by atoms with van der Waals surface area (Å²) < 4.78 is 0. The van der Waals surface area contributed by atoms with Gasteiger partial charge in [0, 0.05) is 4.92 Å². The minimum absolute atomic E-state index is 0.631. The van der Waals surface area contributed by atoms with Crippen LogP contribution in [0.1, 0.15) is 0 Å². The fourth-order valence-electron chi connectivity index (χ4n) is 0.962. The summed E-state index contributed by atoms with van der Waals surface area (Å²) in [5.74, 6) is 0. The Kier molecular flexibility index (Phi) is 2.58. The molecule has 0 aromatic rings. The number of nitro groups is 1. The van der Waals surface area contributed by atoms with E-state index in [1.807, 2.05) is 0 Å². The molecule has 1 rings (SSSR count). The monoisotopic (exact) mass is 186 g/mol. The van der Waals surface area contributed by atoms with Crippen LogP contribution in [0.4, 0.5) is 0 Å². The molecule has 0 fully saturated rings. The predicted molar refractivity (Wildman–Crippen MR) is 40.9 cm³/mol. The summed E-state index contributed by atoms with van der Waals surface area (Å²) in [5, 5.41) is 19.3. The summed E-state index contributed by atoms with van der Waals surface area (Å²) in [6.07, 6.45) is 4.31. The zero-order valence-corrected chi connectivity index (χ0v) is 6.40. The first kappa shape index (κ1) is 9.17. The van der Waals surface area contributed by atoms with Crippen molar-refractivity contribution >= 4 is 0 Å². The van der Waals surface area contributed by atoms with Gasteiger partial charge in [-0.3, -0.25) is 15.0 Å². The molecule has 0 aromatic carbocycles. The van der Waals surface area contributed by atoms with Gasteiger partial charge in [-0.05, 0) is 12.2 Å². The Morgan fingerprint density at radius 2 is 1.77 bits per heavy atom. The van der Waals surface area contributed by atoms with Crippen LogP contribution in [0.25, 0.3) is 0 Å². The summed E-state index contributed by atoms with van der Waals surface area (Å²) in [7, 11) is 0. The smallest absolute Gasteiger partial charge is 0.295 e. The molecule has 0 saturated carbocycles. The van der Waals surface area contributed by atoms with Crippen molar-refractivity contribution in [1.82, 2.24) is 0 Å². The number of hydrogen-bond donors (Lipinski definition) is 0. The SMILES string of the molecule is O=[N+]([O-])O[C@@H]1C=CC=C[C@H]1[N+](=O)[O-]. The third-order valence-electron chi connectivity index (χ3n) is 1.51. The fraction of sp³-hybridized carbons (Fsp3) is 0.333. The van der Waals surface area contributed by atoms with Crippen LogP contribution in [0.5, 0.6) is 0 Å². The molecule has 0 amide bonds. The van der Waals surface area contributed by atoms with E-state index in [0.717, 1.165) is 0 Å². The predicted octanol–water partition coefficient (Wildman–Crippen LogP) is 0.335. The zero-order valence-electron chi connectivity index (χ0n) is 6.40. The van der Waals surface area contributed by atoms with Crippen LogP contribution in [-0.2, 0) is 4.84 Å². The maximum absolute atomic E-state index is 10.4. The van der Waals surface area contributed by atoms with E-state index in [-0.39, 0.29) is 0 Å². The molecule has 0 heterocycles. The van der Waals surface area contributed by atoms with Crippen molar-refractivity contribution in [3.63, 3.8) is 0 Å². The minimum Gasteiger partial charge on any atom is -0.299 e. The Bertz CT molecular complexity index is 285. The van der Waals surface area contributed by atoms with E-state index in [2.05, 4.69) is 4.84 Å². The van der Waals surface area contributed by atoms with Crippen molar-refractivity contribution in [3.05, 3.63) is 44.5 Å². The minimum atomic E-state index is -1.18. The van der Waals surface area contributed by atoms with Crippen molar-refractivity contribution in [2.45, 2.75) is 12.1 Å². The van der Waals surface area contributed by atoms with E-state index in [4.69, 9.17) is 0 Å². The van der Waals surface area contributed by atoms with Gasteiger partial charge in [0.1, 0.15) is 0 Å². The maximum Gasteiger partial charge on any atom is 0.295 e. The lowest BCUT2D eigenvalue weighted by Gasteiger charge is -2.14. The van der Waals surface area contributed by atoms with Crippen LogP contribution in [0.15, 0.2) is 24.3 Å². The first-order valence-electron chi connectivity index (χ1n) is 3.41. The Hall–Kier alpha value is -1.92. The highest BCUT2D eigenvalue weighted by Crippen LogP contribution is 2.11. The standard InChI is InChI=1S/C6H6N2O5/c9-7(10)5-3-1-2-4-6(5)13-8(11)12/h1-6H/t5-,6-/m1/s1. The third kappa shape index (κ3) is 2.26. The molecule has 0 radical (unpaired) electrons. The molecule has 0 aromatic heterocycles. The van der Waals surface area contributed by atoms with E-state index in [1.54, 1.807) is 0 Å². The first-order chi connectivity index (χ1) is 6.11. The van der Waals surface area contributed by atoms with Gasteiger partial charge in [0.25, 0.3) is 11.1 Å². The van der Waals surface area contributed by atoms with Gasteiger partial charge in [-0.25, -0.2) is 0 Å². The molecule has 2 atom stereocenters. The lowest BCUT2D eigenvalue weighted by molar-refractivity contribution is -0.773. The second kappa shape index (κ2) is 3.65. The molecule has 1 aliphatic carbocycles. The Labute approximate surface area is 72.6 Å². The van der Waals surface area contributed by atoms with Crippen LogP contribution in [-0.4, -0.2) is 22.2 Å². The van der Waals surface area contributed by atoms with Crippen LogP contribution in [0.3, 0.4) is 0 Å². The number of allylic oxidation sites excluding steroid dienone is 2. The molecular weight excluding hydrogens is 180 g/mol. The normalized spacial score (nSPS) is 25.5. The fourth-order valence-corrected chi connectivity index (χ4v) is 0.962. The van der Waals surface area contributed by atoms with Crippen molar-refractivity contribution in [3.8, 4) is 0 Å². The highest BCUT2D eigenvalue weighted by molar-refractivity contribution is 5.16. The van der Waals surface area contributed by atoms with E-state index >= 15 is 0 Å². The van der Waals surface area contributed by atoms with Gasteiger partial charge in [0.15, 0.2) is 6.10 Å². The Morgan fingerprint density at radius 1 is 1.15 bits per heavy atom. The number of rotatable bonds is 3. The van der Waals surface area contributed by atoms with Crippen molar-refractivity contribution < 1.29 is 14.8 Å². The molecule has 13 heavy (non-hydrogen) atoms. The van der Waals surface area contributed by atoms with Crippen LogP contribution >= 0.6 is 0 Å². The van der Waals surface area contributed by atoms with Gasteiger partial charge in [-0.2, -0.15) is 0 Å². The average Bonchev–Trinajstić information content (AvgIpc) is 2.03. The molecule has 70 valence electrons. The second-order valence-corrected chi connectivity index (χ2v) is 2.34. The zero-order chi connectivity index (χ0) is 9.84. The highest BCUT2D eigenvalue weighted by atomic mass is 17.0. The second-order valence-electron chi connectivity index (χ2n) is 2.34. The molecule has 0 aliphatic heterocycles. The van der Waals surface area contributed by atoms with Crippen molar-refractivity contribution in [1.29, 1.82) is 0 Å². The molecular formula is C6H6N2O5. The topological polar surface area (TPSA) is 95.5 Å². The van der Waals surface area contributed by atoms with E-state index in [1.165, 1.54) is 24.3 Å². The van der Waals surface area contributed by atoms with Crippen LogP contribution < -0.4 is 0 Å². The molecule has 0 N–H and O–H groups in total. The average molecular weight is 186 g/mol. The van der Waals surface area contributed by atoms with Gasteiger partial charge < -0.3 is 0 Å². The molecule has 0 saturated heterocycles. The number of hydrogen-bond acceptors (Lipinski definition) is 5. The number of nitrogens with zero attached hydrogens (tertiary/aromatic N) is 2. The van der Waals surface area contributed by atoms with E-state index in [9.17, 15) is 20.2 Å². The van der Waals surface area contributed by atoms with Crippen LogP contribution in [0.2, 0.25) is 0 Å². The van der Waals surface area contributed by atoms with Gasteiger partial charge in [-0.15, -0.1) is 10.1 Å². The molecule has 7 nitrogen and oxygen atoms in total. The van der Waals surface area contributed by atoms with Gasteiger partial charge in [0.2, 0.25) is 0 Å². The van der Waals surface area contributed by atoms with Gasteiger partial charge in [-0.1, -0.05) is 12.2 Å². The van der Waals surface area contributed by atoms with E-state index in [0.29, 0.717) is 0 Å². The summed E-state index contributed by atoms with van der Waals surface area (Å²) in [4.78, 5) is 23.8. The molecule has 0 spiro atoms. The summed E-state index contributed by atoms with van der Waals surface area (Å²) >= 11 is 0. The van der Waals surface area contributed by atoms with Crippen molar-refractivity contribution in [2.75, 3.05) is 0 Å². The molecule has 0 unspecified atom stereocenters. The molecule has 0 bridgehead atoms. The lowest BCUT2D eigenvalue weighted by Crippen LogP contribution is -2.35. The summed E-state index contributed by atoms with van der Waals surface area (Å²) in [6.45, 7) is 0. The van der Waals surface area contributed by atoms with Crippen LogP contribution in [0, 0.1) is 20.2 Å². The third-order valence-corrected chi connectivity index (χ3v) is 1.51. The van der Waals surface area contributed by atoms with Gasteiger partial charge in [0.05, 0.1) is 0 Å².